The van der Waals surface area contributed by atoms with E-state index in [-0.39, 0.29) is 74.5 Å². The number of amides is 7. The molecule has 69 heavy (non-hydrogen) atoms. The maximum absolute atomic E-state index is 14.9. The Hall–Kier alpha value is -7.45. The Balaban J connectivity index is 1.58. The molecule has 20 heteroatoms. The van der Waals surface area contributed by atoms with Crippen LogP contribution in [-0.2, 0) is 31.0 Å². The van der Waals surface area contributed by atoms with E-state index in [1.807, 2.05) is 24.3 Å². The molecular weight excluding hydrogens is 885 g/mol. The zero-order valence-corrected chi connectivity index (χ0v) is 40.2. The number of benzene rings is 3. The van der Waals surface area contributed by atoms with Crippen molar-refractivity contribution in [3.8, 4) is 34.0 Å². The third kappa shape index (κ3) is 13.8. The molecule has 0 fully saturated rings. The van der Waals surface area contributed by atoms with Crippen molar-refractivity contribution >= 4 is 41.3 Å². The van der Waals surface area contributed by atoms with Crippen molar-refractivity contribution in [2.45, 2.75) is 84.0 Å². The van der Waals surface area contributed by atoms with Gasteiger partial charge in [0.1, 0.15) is 48.9 Å². The molecule has 1 aliphatic heterocycles. The fourth-order valence-corrected chi connectivity index (χ4v) is 7.58. The van der Waals surface area contributed by atoms with E-state index in [1.165, 1.54) is 27.1 Å². The summed E-state index contributed by atoms with van der Waals surface area (Å²) in [6, 6.07) is 11.8. The lowest BCUT2D eigenvalue weighted by Gasteiger charge is -2.32. The number of aryl methyl sites for hydroxylation is 1. The molecule has 0 saturated carbocycles. The van der Waals surface area contributed by atoms with Crippen LogP contribution in [0.5, 0.6) is 11.5 Å². The Morgan fingerprint density at radius 3 is 2.14 bits per heavy atom. The lowest BCUT2D eigenvalue weighted by molar-refractivity contribution is -0.141. The first-order chi connectivity index (χ1) is 32.7. The van der Waals surface area contributed by atoms with E-state index in [0.717, 1.165) is 16.0 Å². The van der Waals surface area contributed by atoms with Crippen molar-refractivity contribution in [2.75, 3.05) is 46.4 Å². The maximum atomic E-state index is 14.9. The number of ether oxygens (including phenoxy) is 2. The van der Waals surface area contributed by atoms with Gasteiger partial charge in [0, 0.05) is 61.7 Å². The van der Waals surface area contributed by atoms with Gasteiger partial charge in [0.15, 0.2) is 5.82 Å². The van der Waals surface area contributed by atoms with E-state index in [9.17, 15) is 28.8 Å². The highest BCUT2D eigenvalue weighted by Crippen LogP contribution is 2.40. The van der Waals surface area contributed by atoms with Gasteiger partial charge in [-0.3, -0.25) is 24.0 Å². The molecule has 4 bridgehead atoms. The summed E-state index contributed by atoms with van der Waals surface area (Å²) in [4.78, 5) is 93.0. The predicted molar refractivity (Wildman–Crippen MR) is 260 cm³/mol. The van der Waals surface area contributed by atoms with Crippen LogP contribution in [0.4, 0.5) is 4.79 Å². The molecular formula is C49H64N12O8. The van der Waals surface area contributed by atoms with Gasteiger partial charge >= 0.3 is 6.03 Å². The molecule has 0 aliphatic carbocycles. The summed E-state index contributed by atoms with van der Waals surface area (Å²) in [7, 11) is 1.37. The topological polar surface area (TPSA) is 312 Å². The summed E-state index contributed by atoms with van der Waals surface area (Å²) in [5.41, 5.74) is 21.3. The number of aromatic nitrogens is 2. The highest BCUT2D eigenvalue weighted by Gasteiger charge is 2.36. The van der Waals surface area contributed by atoms with Crippen LogP contribution in [0.1, 0.15) is 79.8 Å². The quantitative estimate of drug-likeness (QED) is 0.0688. The van der Waals surface area contributed by atoms with Crippen LogP contribution in [0.2, 0.25) is 0 Å². The van der Waals surface area contributed by atoms with Gasteiger partial charge in [-0.2, -0.15) is 0 Å². The van der Waals surface area contributed by atoms with Gasteiger partial charge in [-0.25, -0.2) is 14.8 Å². The molecule has 7 amide bonds. The van der Waals surface area contributed by atoms with Gasteiger partial charge in [-0.05, 0) is 73.6 Å². The second-order valence-electron chi connectivity index (χ2n) is 17.8. The zero-order chi connectivity index (χ0) is 50.6. The summed E-state index contributed by atoms with van der Waals surface area (Å²) in [6.45, 7) is 11.3. The number of urea groups is 1. The van der Waals surface area contributed by atoms with Crippen LogP contribution >= 0.6 is 0 Å². The van der Waals surface area contributed by atoms with Crippen LogP contribution in [0.25, 0.3) is 22.5 Å². The molecule has 368 valence electrons. The van der Waals surface area contributed by atoms with Crippen LogP contribution < -0.4 is 53.3 Å². The van der Waals surface area contributed by atoms with Crippen molar-refractivity contribution < 1.29 is 38.2 Å². The molecule has 0 saturated heterocycles. The number of nitrogens with zero attached hydrogens (tertiary/aromatic N) is 3. The SMILES string of the molecule is CC(=N)CNC(=O)C1Cc2ccc(OCCN)c(c2)-c2cc(ccc2OCCN)C(N(C)C(=O)C(CCNC(N)=O)NC(=O)c2cnc(-c3ccc(C(C)(C)C)cc3)nc2C)C(=O)NC(C)C(=O)N1. The summed E-state index contributed by atoms with van der Waals surface area (Å²) in [5.74, 6) is -2.39. The summed E-state index contributed by atoms with van der Waals surface area (Å²) >= 11 is 0. The Bertz CT molecular complexity index is 2540. The fraction of sp³-hybridized carbons (Fsp3) is 0.408. The van der Waals surface area contributed by atoms with Gasteiger partial charge in [-0.1, -0.05) is 57.2 Å². The molecule has 20 nitrogen and oxygen atoms in total. The second-order valence-corrected chi connectivity index (χ2v) is 17.8. The number of rotatable bonds is 17. The van der Waals surface area contributed by atoms with E-state index < -0.39 is 59.7 Å². The molecule has 4 atom stereocenters. The minimum Gasteiger partial charge on any atom is -0.492 e. The number of hydrogen-bond acceptors (Lipinski definition) is 13. The predicted octanol–water partition coefficient (Wildman–Crippen LogP) is 2.15. The average molecular weight is 949 g/mol. The van der Waals surface area contributed by atoms with Crippen molar-refractivity contribution in [1.29, 1.82) is 5.41 Å². The normalized spacial score (nSPS) is 16.4. The third-order valence-corrected chi connectivity index (χ3v) is 11.3. The van der Waals surface area contributed by atoms with E-state index >= 15 is 0 Å². The van der Waals surface area contributed by atoms with Crippen LogP contribution in [0, 0.1) is 12.3 Å². The number of carbonyl (C=O) groups is 6. The van der Waals surface area contributed by atoms with Gasteiger partial charge in [0.05, 0.1) is 17.8 Å². The lowest BCUT2D eigenvalue weighted by atomic mass is 9.87. The number of fused-ring (bicyclic) bond motifs is 5. The van der Waals surface area contributed by atoms with Crippen LogP contribution in [0.15, 0.2) is 66.9 Å². The Morgan fingerprint density at radius 1 is 0.913 bits per heavy atom. The van der Waals surface area contributed by atoms with Crippen molar-refractivity contribution in [1.82, 2.24) is 41.5 Å². The lowest BCUT2D eigenvalue weighted by Crippen LogP contribution is -2.56. The monoisotopic (exact) mass is 948 g/mol. The van der Waals surface area contributed by atoms with Gasteiger partial charge in [-0.15, -0.1) is 0 Å². The van der Waals surface area contributed by atoms with Crippen molar-refractivity contribution in [3.05, 3.63) is 94.8 Å². The van der Waals surface area contributed by atoms with Crippen LogP contribution in [0.3, 0.4) is 0 Å². The minimum absolute atomic E-state index is 0.0109. The zero-order valence-electron chi connectivity index (χ0n) is 40.2. The minimum atomic E-state index is -1.47. The Labute approximate surface area is 401 Å². The summed E-state index contributed by atoms with van der Waals surface area (Å²) in [6.07, 6.45) is 1.22. The molecule has 12 N–H and O–H groups in total. The van der Waals surface area contributed by atoms with Crippen molar-refractivity contribution in [3.63, 3.8) is 0 Å². The summed E-state index contributed by atoms with van der Waals surface area (Å²) in [5, 5.41) is 21.2. The van der Waals surface area contributed by atoms with Gasteiger partial charge < -0.3 is 63.6 Å². The maximum Gasteiger partial charge on any atom is 0.312 e. The summed E-state index contributed by atoms with van der Waals surface area (Å²) < 4.78 is 12.2. The van der Waals surface area contributed by atoms with E-state index in [4.69, 9.17) is 32.1 Å². The number of primary amides is 1. The molecule has 5 rings (SSSR count). The molecule has 1 aliphatic rings. The van der Waals surface area contributed by atoms with E-state index in [1.54, 1.807) is 43.3 Å². The Kier molecular flexibility index (Phi) is 17.9. The Morgan fingerprint density at radius 2 is 1.55 bits per heavy atom. The standard InChI is InChI=1S/C49H64N12O8/c1-27(52)25-56-45(64)38-23-30-8-14-39(68-20-17-50)34(22-30)35-24-32(11-15-40(35)69-21-18-51)41(46(65)58-29(3)43(62)60-38)61(7)47(66)37(16-19-54-48(53)67)59-44(63)36-26-55-42(57-28(36)2)31-9-12-33(13-10-31)49(4,5)6/h8-15,22,24,26,29,37-38,41,52H,16-21,23,25,50-51H2,1-7H3,(H,56,64)(H,58,65)(H,59,63)(H,60,62)(H3,53,54,67). The number of nitrogens with one attached hydrogen (secondary N) is 6. The smallest absolute Gasteiger partial charge is 0.312 e. The molecule has 0 radical (unpaired) electrons. The molecule has 4 unspecified atom stereocenters. The van der Waals surface area contributed by atoms with Crippen LogP contribution in [-0.4, -0.2) is 121 Å². The largest absolute Gasteiger partial charge is 0.492 e. The number of likely N-dealkylation sites (N-methyl/N-ethyl adjacent to an activating group) is 1. The highest BCUT2D eigenvalue weighted by atomic mass is 16.5. The van der Waals surface area contributed by atoms with E-state index in [2.05, 4.69) is 57.3 Å². The highest BCUT2D eigenvalue weighted by molar-refractivity contribution is 6.00. The molecule has 4 aromatic rings. The number of carbonyl (C=O) groups excluding carboxylic acids is 6. The number of nitrogens with two attached hydrogens (primary N) is 3. The van der Waals surface area contributed by atoms with Crippen molar-refractivity contribution in [2.24, 2.45) is 17.2 Å². The first-order valence-electron chi connectivity index (χ1n) is 22.6. The van der Waals surface area contributed by atoms with E-state index in [0.29, 0.717) is 39.7 Å². The molecule has 3 aromatic carbocycles. The average Bonchev–Trinajstić information content (AvgIpc) is 3.30. The fourth-order valence-electron chi connectivity index (χ4n) is 7.58. The first kappa shape index (κ1) is 52.5. The molecule has 1 aromatic heterocycles. The van der Waals surface area contributed by atoms with Gasteiger partial charge in [0.2, 0.25) is 23.6 Å². The number of hydrogen-bond donors (Lipinski definition) is 9. The second kappa shape index (κ2) is 23.5. The molecule has 0 spiro atoms. The van der Waals surface area contributed by atoms with Gasteiger partial charge in [0.25, 0.3) is 5.91 Å². The third-order valence-electron chi connectivity index (χ3n) is 11.3. The first-order valence-corrected chi connectivity index (χ1v) is 22.6. The molecule has 2 heterocycles.